The Hall–Kier alpha value is -3.04. The first kappa shape index (κ1) is 19.7. The van der Waals surface area contributed by atoms with Gasteiger partial charge in [0.2, 0.25) is 5.91 Å². The van der Waals surface area contributed by atoms with Crippen LogP contribution in [0, 0.1) is 15.9 Å². The Kier molecular flexibility index (Phi) is 6.17. The zero-order valence-corrected chi connectivity index (χ0v) is 15.2. The number of nitrogens with one attached hydrogen (secondary N) is 1. The Morgan fingerprint density at radius 1 is 1.18 bits per heavy atom. The number of rotatable bonds is 6. The molecule has 1 fully saturated rings. The molecular formula is C19H21FN4O4. The fraction of sp³-hybridized carbons (Fsp3) is 0.316. The number of nitrogens with zero attached hydrogens (tertiary/aromatic N) is 3. The molecule has 2 aromatic rings. The standard InChI is InChI=1S/C19H21FN4O4/c20-15-3-1-2-4-16(15)21-19(26)12-22-7-9-23(10-8-22)18-11-14(13-25)5-6-17(18)24(27)28/h1-6,11,25H,7-10,12-13H2,(H,21,26). The molecule has 28 heavy (non-hydrogen) atoms. The summed E-state index contributed by atoms with van der Waals surface area (Å²) in [6.07, 6.45) is 0. The van der Waals surface area contributed by atoms with Gasteiger partial charge in [-0.3, -0.25) is 19.8 Å². The van der Waals surface area contributed by atoms with E-state index in [2.05, 4.69) is 5.32 Å². The van der Waals surface area contributed by atoms with Gasteiger partial charge in [0, 0.05) is 32.2 Å². The highest BCUT2D eigenvalue weighted by atomic mass is 19.1. The molecule has 3 rings (SSSR count). The van der Waals surface area contributed by atoms with Crippen molar-refractivity contribution in [3.8, 4) is 0 Å². The summed E-state index contributed by atoms with van der Waals surface area (Å²) in [7, 11) is 0. The van der Waals surface area contributed by atoms with Gasteiger partial charge in [-0.2, -0.15) is 0 Å². The molecule has 0 bridgehead atoms. The highest BCUT2D eigenvalue weighted by molar-refractivity contribution is 5.92. The van der Waals surface area contributed by atoms with Crippen LogP contribution in [-0.4, -0.2) is 53.6 Å². The van der Waals surface area contributed by atoms with E-state index in [1.165, 1.54) is 24.3 Å². The van der Waals surface area contributed by atoms with Gasteiger partial charge in [0.15, 0.2) is 0 Å². The number of hydrogen-bond donors (Lipinski definition) is 2. The van der Waals surface area contributed by atoms with Crippen molar-refractivity contribution in [2.45, 2.75) is 6.61 Å². The maximum atomic E-state index is 13.6. The molecule has 0 atom stereocenters. The first-order chi connectivity index (χ1) is 13.5. The van der Waals surface area contributed by atoms with Gasteiger partial charge in [-0.1, -0.05) is 12.1 Å². The SMILES string of the molecule is O=C(CN1CCN(c2cc(CO)ccc2[N+](=O)[O-])CC1)Nc1ccccc1F. The number of para-hydroxylation sites is 1. The first-order valence-electron chi connectivity index (χ1n) is 8.88. The van der Waals surface area contributed by atoms with Crippen molar-refractivity contribution in [2.75, 3.05) is 42.9 Å². The van der Waals surface area contributed by atoms with Gasteiger partial charge in [-0.25, -0.2) is 4.39 Å². The third-order valence-corrected chi connectivity index (χ3v) is 4.65. The van der Waals surface area contributed by atoms with E-state index in [4.69, 9.17) is 0 Å². The minimum absolute atomic E-state index is 0.0112. The number of hydrogen-bond acceptors (Lipinski definition) is 6. The molecule has 0 radical (unpaired) electrons. The lowest BCUT2D eigenvalue weighted by atomic mass is 10.1. The molecular weight excluding hydrogens is 367 g/mol. The molecule has 2 N–H and O–H groups in total. The Balaban J connectivity index is 1.60. The fourth-order valence-corrected chi connectivity index (χ4v) is 3.18. The molecule has 0 spiro atoms. The average Bonchev–Trinajstić information content (AvgIpc) is 2.69. The van der Waals surface area contributed by atoms with E-state index in [1.807, 2.05) is 9.80 Å². The summed E-state index contributed by atoms with van der Waals surface area (Å²) in [6, 6.07) is 10.5. The van der Waals surface area contributed by atoms with Crippen LogP contribution < -0.4 is 10.2 Å². The van der Waals surface area contributed by atoms with Crippen LogP contribution in [0.1, 0.15) is 5.56 Å². The minimum Gasteiger partial charge on any atom is -0.392 e. The van der Waals surface area contributed by atoms with E-state index < -0.39 is 10.7 Å². The van der Waals surface area contributed by atoms with E-state index >= 15 is 0 Å². The molecule has 2 aromatic carbocycles. The summed E-state index contributed by atoms with van der Waals surface area (Å²) in [6.45, 7) is 1.99. The van der Waals surface area contributed by atoms with E-state index in [1.54, 1.807) is 18.2 Å². The quantitative estimate of drug-likeness (QED) is 0.580. The summed E-state index contributed by atoms with van der Waals surface area (Å²) < 4.78 is 13.6. The average molecular weight is 388 g/mol. The Bertz CT molecular complexity index is 869. The highest BCUT2D eigenvalue weighted by Crippen LogP contribution is 2.30. The number of aliphatic hydroxyl groups excluding tert-OH is 1. The van der Waals surface area contributed by atoms with E-state index in [0.29, 0.717) is 37.4 Å². The van der Waals surface area contributed by atoms with Crippen molar-refractivity contribution in [1.82, 2.24) is 4.90 Å². The smallest absolute Gasteiger partial charge is 0.292 e. The third kappa shape index (κ3) is 4.62. The van der Waals surface area contributed by atoms with Gasteiger partial charge in [-0.05, 0) is 29.8 Å². The largest absolute Gasteiger partial charge is 0.392 e. The number of halogens is 1. The number of piperazine rings is 1. The second-order valence-corrected chi connectivity index (χ2v) is 6.53. The Morgan fingerprint density at radius 3 is 2.54 bits per heavy atom. The topological polar surface area (TPSA) is 99.0 Å². The van der Waals surface area contributed by atoms with Crippen molar-refractivity contribution in [3.63, 3.8) is 0 Å². The van der Waals surface area contributed by atoms with Gasteiger partial charge in [-0.15, -0.1) is 0 Å². The maximum absolute atomic E-state index is 13.6. The predicted octanol–water partition coefficient (Wildman–Crippen LogP) is 1.99. The Labute approximate surface area is 161 Å². The number of carbonyl (C=O) groups excluding carboxylic acids is 1. The lowest BCUT2D eigenvalue weighted by Crippen LogP contribution is -2.48. The lowest BCUT2D eigenvalue weighted by Gasteiger charge is -2.35. The van der Waals surface area contributed by atoms with Crippen LogP contribution >= 0.6 is 0 Å². The number of nitro groups is 1. The molecule has 0 unspecified atom stereocenters. The molecule has 1 aliphatic rings. The van der Waals surface area contributed by atoms with Gasteiger partial charge in [0.05, 0.1) is 23.8 Å². The second-order valence-electron chi connectivity index (χ2n) is 6.53. The van der Waals surface area contributed by atoms with Gasteiger partial charge in [0.1, 0.15) is 11.5 Å². The van der Waals surface area contributed by atoms with Crippen LogP contribution in [0.15, 0.2) is 42.5 Å². The fourth-order valence-electron chi connectivity index (χ4n) is 3.18. The molecule has 0 aromatic heterocycles. The molecule has 9 heteroatoms. The van der Waals surface area contributed by atoms with Crippen molar-refractivity contribution in [2.24, 2.45) is 0 Å². The molecule has 1 heterocycles. The number of amides is 1. The van der Waals surface area contributed by atoms with Crippen molar-refractivity contribution in [3.05, 3.63) is 64.0 Å². The zero-order chi connectivity index (χ0) is 20.1. The van der Waals surface area contributed by atoms with Gasteiger partial charge < -0.3 is 15.3 Å². The minimum atomic E-state index is -0.489. The van der Waals surface area contributed by atoms with E-state index in [0.717, 1.165) is 0 Å². The van der Waals surface area contributed by atoms with E-state index in [9.17, 15) is 24.4 Å². The molecule has 1 amide bonds. The maximum Gasteiger partial charge on any atom is 0.292 e. The van der Waals surface area contributed by atoms with E-state index in [-0.39, 0.29) is 30.4 Å². The van der Waals surface area contributed by atoms with Gasteiger partial charge >= 0.3 is 0 Å². The highest BCUT2D eigenvalue weighted by Gasteiger charge is 2.25. The van der Waals surface area contributed by atoms with Crippen molar-refractivity contribution < 1.29 is 19.2 Å². The van der Waals surface area contributed by atoms with Crippen molar-refractivity contribution in [1.29, 1.82) is 0 Å². The van der Waals surface area contributed by atoms with Crippen LogP contribution in [-0.2, 0) is 11.4 Å². The lowest BCUT2D eigenvalue weighted by molar-refractivity contribution is -0.384. The number of anilines is 2. The number of carbonyl (C=O) groups is 1. The summed E-state index contributed by atoms with van der Waals surface area (Å²) >= 11 is 0. The van der Waals surface area contributed by atoms with Gasteiger partial charge in [0.25, 0.3) is 5.69 Å². The molecule has 0 aliphatic carbocycles. The normalized spacial score (nSPS) is 14.7. The number of aliphatic hydroxyl groups is 1. The van der Waals surface area contributed by atoms with Crippen LogP contribution in [0.2, 0.25) is 0 Å². The summed E-state index contributed by atoms with van der Waals surface area (Å²) in [5.74, 6) is -0.802. The number of benzene rings is 2. The van der Waals surface area contributed by atoms with Crippen LogP contribution in [0.25, 0.3) is 0 Å². The molecule has 1 aliphatic heterocycles. The second kappa shape index (κ2) is 8.77. The number of nitro benzene ring substituents is 1. The Morgan fingerprint density at radius 2 is 1.89 bits per heavy atom. The zero-order valence-electron chi connectivity index (χ0n) is 15.2. The summed E-state index contributed by atoms with van der Waals surface area (Å²) in [4.78, 5) is 26.8. The molecule has 8 nitrogen and oxygen atoms in total. The third-order valence-electron chi connectivity index (χ3n) is 4.65. The molecule has 1 saturated heterocycles. The summed E-state index contributed by atoms with van der Waals surface area (Å²) in [5.41, 5.74) is 1.20. The summed E-state index contributed by atoms with van der Waals surface area (Å²) in [5, 5.41) is 23.2. The van der Waals surface area contributed by atoms with Crippen molar-refractivity contribution >= 4 is 23.0 Å². The van der Waals surface area contributed by atoms with Crippen LogP contribution in [0.5, 0.6) is 0 Å². The predicted molar refractivity (Wildman–Crippen MR) is 103 cm³/mol. The van der Waals surface area contributed by atoms with Crippen LogP contribution in [0.4, 0.5) is 21.5 Å². The monoisotopic (exact) mass is 388 g/mol. The molecule has 0 saturated carbocycles. The van der Waals surface area contributed by atoms with Crippen LogP contribution in [0.3, 0.4) is 0 Å². The first-order valence-corrected chi connectivity index (χ1v) is 8.88. The molecule has 148 valence electrons.